The molecule has 0 saturated carbocycles. The number of carboxylic acid groups (broad SMARTS) is 1. The molecule has 2 aromatic rings. The topological polar surface area (TPSA) is 84.7 Å². The van der Waals surface area contributed by atoms with Crippen LogP contribution >= 0.6 is 0 Å². The molecular formula is C17H19N3O4. The van der Waals surface area contributed by atoms with Gasteiger partial charge in [-0.05, 0) is 49.6 Å². The molecule has 3 rings (SSSR count). The van der Waals surface area contributed by atoms with E-state index in [9.17, 15) is 14.7 Å². The van der Waals surface area contributed by atoms with Crippen molar-refractivity contribution in [2.75, 3.05) is 13.7 Å². The monoisotopic (exact) mass is 329 g/mol. The first-order valence-corrected chi connectivity index (χ1v) is 7.84. The maximum atomic E-state index is 12.6. The molecule has 0 radical (unpaired) electrons. The molecule has 1 saturated heterocycles. The second-order valence-corrected chi connectivity index (χ2v) is 5.69. The Kier molecular flexibility index (Phi) is 4.50. The fourth-order valence-corrected chi connectivity index (χ4v) is 2.90. The van der Waals surface area contributed by atoms with Crippen molar-refractivity contribution in [3.05, 3.63) is 42.2 Å². The number of likely N-dealkylation sites (tertiary alicyclic amines) is 1. The van der Waals surface area contributed by atoms with Gasteiger partial charge < -0.3 is 14.7 Å². The Labute approximate surface area is 139 Å². The minimum absolute atomic E-state index is 0.249. The van der Waals surface area contributed by atoms with Crippen LogP contribution in [0.4, 0.5) is 0 Å². The lowest BCUT2D eigenvalue weighted by Crippen LogP contribution is -2.48. The molecule has 1 N–H and O–H groups in total. The summed E-state index contributed by atoms with van der Waals surface area (Å²) in [6, 6.07) is 8.13. The maximum absolute atomic E-state index is 12.6. The number of rotatable bonds is 4. The Morgan fingerprint density at radius 2 is 1.96 bits per heavy atom. The Bertz CT molecular complexity index is 739. The molecule has 126 valence electrons. The fraction of sp³-hybridized carbons (Fsp3) is 0.353. The second kappa shape index (κ2) is 6.74. The quantitative estimate of drug-likeness (QED) is 0.927. The number of ether oxygens (including phenoxy) is 1. The standard InChI is InChI=1S/C17H19N3O4/c1-24-13-7-5-12(6-8-13)20-11-9-14(18-20)16(21)19-10-3-2-4-15(19)17(22)23/h5-9,11,15H,2-4,10H2,1H3,(H,22,23)/t15-/m1/s1. The van der Waals surface area contributed by atoms with Gasteiger partial charge >= 0.3 is 5.97 Å². The Hall–Kier alpha value is -2.83. The number of piperidine rings is 1. The number of aromatic nitrogens is 2. The van der Waals surface area contributed by atoms with E-state index in [-0.39, 0.29) is 11.6 Å². The van der Waals surface area contributed by atoms with Gasteiger partial charge in [0.1, 0.15) is 11.8 Å². The number of hydrogen-bond donors (Lipinski definition) is 1. The SMILES string of the molecule is COc1ccc(-n2ccc(C(=O)N3CCCC[C@@H]3C(=O)O)n2)cc1. The van der Waals surface area contributed by atoms with E-state index in [2.05, 4.69) is 5.10 Å². The summed E-state index contributed by atoms with van der Waals surface area (Å²) in [5.41, 5.74) is 1.04. The minimum Gasteiger partial charge on any atom is -0.497 e. The van der Waals surface area contributed by atoms with Crippen LogP contribution in [0.25, 0.3) is 5.69 Å². The molecule has 24 heavy (non-hydrogen) atoms. The van der Waals surface area contributed by atoms with E-state index >= 15 is 0 Å². The lowest BCUT2D eigenvalue weighted by molar-refractivity contribution is -0.143. The normalized spacial score (nSPS) is 17.5. The van der Waals surface area contributed by atoms with Gasteiger partial charge in [0.2, 0.25) is 0 Å². The van der Waals surface area contributed by atoms with E-state index in [0.29, 0.717) is 13.0 Å². The fourth-order valence-electron chi connectivity index (χ4n) is 2.90. The van der Waals surface area contributed by atoms with E-state index in [1.807, 2.05) is 24.3 Å². The molecule has 0 bridgehead atoms. The second-order valence-electron chi connectivity index (χ2n) is 5.69. The molecule has 0 spiro atoms. The molecule has 1 aromatic heterocycles. The van der Waals surface area contributed by atoms with Crippen molar-refractivity contribution in [2.24, 2.45) is 0 Å². The van der Waals surface area contributed by atoms with Crippen LogP contribution < -0.4 is 4.74 Å². The van der Waals surface area contributed by atoms with Gasteiger partial charge in [-0.3, -0.25) is 4.79 Å². The smallest absolute Gasteiger partial charge is 0.326 e. The lowest BCUT2D eigenvalue weighted by Gasteiger charge is -2.32. The van der Waals surface area contributed by atoms with Crippen molar-refractivity contribution >= 4 is 11.9 Å². The predicted molar refractivity (Wildman–Crippen MR) is 86.4 cm³/mol. The highest BCUT2D eigenvalue weighted by molar-refractivity contribution is 5.95. The van der Waals surface area contributed by atoms with Crippen LogP contribution in [0.3, 0.4) is 0 Å². The molecule has 7 heteroatoms. The highest BCUT2D eigenvalue weighted by Gasteiger charge is 2.33. The molecule has 1 atom stereocenters. The molecule has 1 aliphatic rings. The van der Waals surface area contributed by atoms with Gasteiger partial charge in [0, 0.05) is 12.7 Å². The molecule has 2 heterocycles. The third-order valence-electron chi connectivity index (χ3n) is 4.19. The molecule has 1 aromatic carbocycles. The van der Waals surface area contributed by atoms with Gasteiger partial charge in [-0.1, -0.05) is 0 Å². The summed E-state index contributed by atoms with van der Waals surface area (Å²) in [4.78, 5) is 25.4. The zero-order valence-corrected chi connectivity index (χ0v) is 13.4. The minimum atomic E-state index is -0.961. The van der Waals surface area contributed by atoms with E-state index in [4.69, 9.17) is 4.74 Å². The van der Waals surface area contributed by atoms with E-state index in [0.717, 1.165) is 24.3 Å². The summed E-state index contributed by atoms with van der Waals surface area (Å²) in [6.45, 7) is 0.450. The Balaban J connectivity index is 1.81. The molecule has 7 nitrogen and oxygen atoms in total. The highest BCUT2D eigenvalue weighted by Crippen LogP contribution is 2.20. The molecule has 0 unspecified atom stereocenters. The van der Waals surface area contributed by atoms with Crippen molar-refractivity contribution < 1.29 is 19.4 Å². The van der Waals surface area contributed by atoms with Gasteiger partial charge in [0.05, 0.1) is 12.8 Å². The molecule has 1 fully saturated rings. The van der Waals surface area contributed by atoms with E-state index in [1.165, 1.54) is 4.90 Å². The van der Waals surface area contributed by atoms with E-state index < -0.39 is 12.0 Å². The summed E-state index contributed by atoms with van der Waals surface area (Å²) >= 11 is 0. The Morgan fingerprint density at radius 1 is 1.21 bits per heavy atom. The van der Waals surface area contributed by atoms with Crippen LogP contribution in [0, 0.1) is 0 Å². The molecular weight excluding hydrogens is 310 g/mol. The number of amides is 1. The van der Waals surface area contributed by atoms with Gasteiger partial charge in [-0.2, -0.15) is 5.10 Å². The van der Waals surface area contributed by atoms with Gasteiger partial charge in [0.15, 0.2) is 5.69 Å². The van der Waals surface area contributed by atoms with Crippen LogP contribution in [0.15, 0.2) is 36.5 Å². The maximum Gasteiger partial charge on any atom is 0.326 e. The zero-order valence-electron chi connectivity index (χ0n) is 13.4. The Morgan fingerprint density at radius 3 is 2.62 bits per heavy atom. The third kappa shape index (κ3) is 3.10. The molecule has 0 aliphatic carbocycles. The first kappa shape index (κ1) is 16.0. The van der Waals surface area contributed by atoms with Gasteiger partial charge in [0.25, 0.3) is 5.91 Å². The van der Waals surface area contributed by atoms with Crippen LogP contribution in [0.5, 0.6) is 5.75 Å². The van der Waals surface area contributed by atoms with Crippen LogP contribution in [0.1, 0.15) is 29.8 Å². The van der Waals surface area contributed by atoms with E-state index in [1.54, 1.807) is 24.1 Å². The summed E-state index contributed by atoms with van der Waals surface area (Å²) in [5.74, 6) is -0.563. The summed E-state index contributed by atoms with van der Waals surface area (Å²) < 4.78 is 6.71. The first-order chi connectivity index (χ1) is 11.6. The number of methoxy groups -OCH3 is 1. The summed E-state index contributed by atoms with van der Waals surface area (Å²) in [5, 5.41) is 13.6. The number of carbonyl (C=O) groups is 2. The predicted octanol–water partition coefficient (Wildman–Crippen LogP) is 1.96. The summed E-state index contributed by atoms with van der Waals surface area (Å²) in [7, 11) is 1.59. The lowest BCUT2D eigenvalue weighted by atomic mass is 10.0. The van der Waals surface area contributed by atoms with Crippen LogP contribution in [0.2, 0.25) is 0 Å². The number of aliphatic carboxylic acids is 1. The largest absolute Gasteiger partial charge is 0.497 e. The summed E-state index contributed by atoms with van der Waals surface area (Å²) in [6.07, 6.45) is 3.81. The highest BCUT2D eigenvalue weighted by atomic mass is 16.5. The average Bonchev–Trinajstić information content (AvgIpc) is 3.11. The van der Waals surface area contributed by atoms with Crippen molar-refractivity contribution in [1.82, 2.24) is 14.7 Å². The number of benzene rings is 1. The number of carboxylic acids is 1. The average molecular weight is 329 g/mol. The van der Waals surface area contributed by atoms with Crippen LogP contribution in [-0.4, -0.2) is 51.4 Å². The van der Waals surface area contributed by atoms with Crippen LogP contribution in [-0.2, 0) is 4.79 Å². The third-order valence-corrected chi connectivity index (χ3v) is 4.19. The van der Waals surface area contributed by atoms with Crippen molar-refractivity contribution in [3.8, 4) is 11.4 Å². The van der Waals surface area contributed by atoms with Crippen molar-refractivity contribution in [2.45, 2.75) is 25.3 Å². The first-order valence-electron chi connectivity index (χ1n) is 7.84. The molecule has 1 amide bonds. The number of carbonyl (C=O) groups excluding carboxylic acids is 1. The van der Waals surface area contributed by atoms with Crippen molar-refractivity contribution in [1.29, 1.82) is 0 Å². The number of hydrogen-bond acceptors (Lipinski definition) is 4. The van der Waals surface area contributed by atoms with Gasteiger partial charge in [-0.25, -0.2) is 9.48 Å². The molecule has 1 aliphatic heterocycles. The van der Waals surface area contributed by atoms with Gasteiger partial charge in [-0.15, -0.1) is 0 Å². The van der Waals surface area contributed by atoms with Crippen molar-refractivity contribution in [3.63, 3.8) is 0 Å². The zero-order chi connectivity index (χ0) is 17.1. The number of nitrogens with zero attached hydrogens (tertiary/aromatic N) is 3.